The van der Waals surface area contributed by atoms with Crippen molar-refractivity contribution in [1.82, 2.24) is 5.32 Å². The SMILES string of the molecule is CCCCC(CC)C(C=C(C)C)NC. The third kappa shape index (κ3) is 5.43. The lowest BCUT2D eigenvalue weighted by molar-refractivity contribution is 0.376. The molecular weight excluding hydrogens is 170 g/mol. The molecule has 0 bridgehead atoms. The Hall–Kier alpha value is -0.300. The Labute approximate surface area is 90.0 Å². The molecule has 0 saturated carbocycles. The molecule has 1 nitrogen and oxygen atoms in total. The highest BCUT2D eigenvalue weighted by atomic mass is 14.9. The highest BCUT2D eigenvalue weighted by Gasteiger charge is 2.14. The lowest BCUT2D eigenvalue weighted by Gasteiger charge is -2.23. The summed E-state index contributed by atoms with van der Waals surface area (Å²) >= 11 is 0. The van der Waals surface area contributed by atoms with E-state index in [0.717, 1.165) is 5.92 Å². The van der Waals surface area contributed by atoms with Gasteiger partial charge in [0.25, 0.3) is 0 Å². The summed E-state index contributed by atoms with van der Waals surface area (Å²) in [5, 5.41) is 3.42. The minimum Gasteiger partial charge on any atom is -0.313 e. The predicted octanol–water partition coefficient (Wildman–Crippen LogP) is 3.76. The van der Waals surface area contributed by atoms with E-state index in [4.69, 9.17) is 0 Å². The second-order valence-corrected chi connectivity index (χ2v) is 4.37. The molecule has 0 aliphatic carbocycles. The van der Waals surface area contributed by atoms with Gasteiger partial charge in [-0.25, -0.2) is 0 Å². The molecule has 0 rings (SSSR count). The van der Waals surface area contributed by atoms with Crippen LogP contribution in [0.4, 0.5) is 0 Å². The van der Waals surface area contributed by atoms with Crippen LogP contribution in [0.5, 0.6) is 0 Å². The Bertz CT molecular complexity index is 157. The molecule has 0 heterocycles. The lowest BCUT2D eigenvalue weighted by Crippen LogP contribution is -2.31. The zero-order chi connectivity index (χ0) is 11.0. The van der Waals surface area contributed by atoms with Crippen molar-refractivity contribution in [3.05, 3.63) is 11.6 Å². The molecule has 0 aromatic carbocycles. The van der Waals surface area contributed by atoms with E-state index in [1.54, 1.807) is 0 Å². The molecule has 0 saturated heterocycles. The average molecular weight is 197 g/mol. The molecule has 14 heavy (non-hydrogen) atoms. The minimum atomic E-state index is 0.566. The van der Waals surface area contributed by atoms with Crippen LogP contribution in [0.3, 0.4) is 0 Å². The summed E-state index contributed by atoms with van der Waals surface area (Å²) in [6.45, 7) is 8.92. The molecule has 0 aliphatic heterocycles. The number of hydrogen-bond donors (Lipinski definition) is 1. The van der Waals surface area contributed by atoms with E-state index in [1.165, 1.54) is 31.3 Å². The van der Waals surface area contributed by atoms with Crippen molar-refractivity contribution in [2.45, 2.75) is 59.4 Å². The molecule has 2 unspecified atom stereocenters. The normalized spacial score (nSPS) is 14.9. The zero-order valence-electron chi connectivity index (χ0n) is 10.6. The van der Waals surface area contributed by atoms with E-state index in [-0.39, 0.29) is 0 Å². The maximum Gasteiger partial charge on any atom is 0.0277 e. The van der Waals surface area contributed by atoms with Crippen molar-refractivity contribution >= 4 is 0 Å². The van der Waals surface area contributed by atoms with Crippen molar-refractivity contribution in [2.24, 2.45) is 5.92 Å². The van der Waals surface area contributed by atoms with Gasteiger partial charge in [0, 0.05) is 6.04 Å². The minimum absolute atomic E-state index is 0.566. The van der Waals surface area contributed by atoms with Crippen LogP contribution >= 0.6 is 0 Å². The largest absolute Gasteiger partial charge is 0.313 e. The van der Waals surface area contributed by atoms with E-state index < -0.39 is 0 Å². The topological polar surface area (TPSA) is 12.0 Å². The van der Waals surface area contributed by atoms with Gasteiger partial charge in [-0.3, -0.25) is 0 Å². The van der Waals surface area contributed by atoms with Gasteiger partial charge in [-0.1, -0.05) is 44.8 Å². The maximum absolute atomic E-state index is 3.42. The molecular formula is C13H27N. The van der Waals surface area contributed by atoms with E-state index in [1.807, 2.05) is 0 Å². The molecule has 0 aliphatic rings. The fourth-order valence-corrected chi connectivity index (χ4v) is 1.92. The Kier molecular flexibility index (Phi) is 7.87. The van der Waals surface area contributed by atoms with Gasteiger partial charge in [-0.2, -0.15) is 0 Å². The molecule has 0 spiro atoms. The molecule has 0 aromatic rings. The number of rotatable bonds is 7. The summed E-state index contributed by atoms with van der Waals surface area (Å²) in [4.78, 5) is 0. The van der Waals surface area contributed by atoms with Gasteiger partial charge >= 0.3 is 0 Å². The van der Waals surface area contributed by atoms with Gasteiger partial charge in [0.15, 0.2) is 0 Å². The first-order chi connectivity index (χ1) is 6.65. The molecule has 0 amide bonds. The van der Waals surface area contributed by atoms with Gasteiger partial charge in [0.1, 0.15) is 0 Å². The average Bonchev–Trinajstić information content (AvgIpc) is 2.16. The Morgan fingerprint density at radius 1 is 1.29 bits per heavy atom. The quantitative estimate of drug-likeness (QED) is 0.613. The van der Waals surface area contributed by atoms with Crippen molar-refractivity contribution < 1.29 is 0 Å². The van der Waals surface area contributed by atoms with Gasteiger partial charge in [0.05, 0.1) is 0 Å². The highest BCUT2D eigenvalue weighted by molar-refractivity contribution is 5.02. The van der Waals surface area contributed by atoms with Crippen LogP contribution in [0, 0.1) is 5.92 Å². The first kappa shape index (κ1) is 13.7. The summed E-state index contributed by atoms with van der Waals surface area (Å²) in [6, 6.07) is 0.566. The van der Waals surface area contributed by atoms with Gasteiger partial charge in [-0.15, -0.1) is 0 Å². The van der Waals surface area contributed by atoms with E-state index in [2.05, 4.69) is 46.1 Å². The van der Waals surface area contributed by atoms with E-state index in [0.29, 0.717) is 6.04 Å². The van der Waals surface area contributed by atoms with E-state index in [9.17, 15) is 0 Å². The molecule has 2 atom stereocenters. The second-order valence-electron chi connectivity index (χ2n) is 4.37. The standard InChI is InChI=1S/C13H27N/c1-6-8-9-12(7-2)13(14-5)10-11(3)4/h10,12-14H,6-9H2,1-5H3. The van der Waals surface area contributed by atoms with Gasteiger partial charge in [0.2, 0.25) is 0 Å². The number of nitrogens with one attached hydrogen (secondary N) is 1. The van der Waals surface area contributed by atoms with Crippen molar-refractivity contribution in [2.75, 3.05) is 7.05 Å². The van der Waals surface area contributed by atoms with Crippen molar-refractivity contribution in [3.63, 3.8) is 0 Å². The molecule has 0 radical (unpaired) electrons. The summed E-state index contributed by atoms with van der Waals surface area (Å²) in [5.41, 5.74) is 1.42. The monoisotopic (exact) mass is 197 g/mol. The molecule has 1 heteroatoms. The highest BCUT2D eigenvalue weighted by Crippen LogP contribution is 2.18. The Morgan fingerprint density at radius 3 is 2.29 bits per heavy atom. The molecule has 1 N–H and O–H groups in total. The number of hydrogen-bond acceptors (Lipinski definition) is 1. The molecule has 84 valence electrons. The summed E-state index contributed by atoms with van der Waals surface area (Å²) in [5.74, 6) is 0.801. The zero-order valence-corrected chi connectivity index (χ0v) is 10.6. The number of unbranched alkanes of at least 4 members (excludes halogenated alkanes) is 1. The summed E-state index contributed by atoms with van der Waals surface area (Å²) in [7, 11) is 2.07. The van der Waals surface area contributed by atoms with Crippen LogP contribution in [0.2, 0.25) is 0 Å². The third-order valence-electron chi connectivity index (χ3n) is 2.81. The van der Waals surface area contributed by atoms with Crippen LogP contribution in [0.15, 0.2) is 11.6 Å². The smallest absolute Gasteiger partial charge is 0.0277 e. The second kappa shape index (κ2) is 8.05. The van der Waals surface area contributed by atoms with Crippen LogP contribution in [-0.4, -0.2) is 13.1 Å². The lowest BCUT2D eigenvalue weighted by atomic mass is 9.90. The third-order valence-corrected chi connectivity index (χ3v) is 2.81. The fourth-order valence-electron chi connectivity index (χ4n) is 1.92. The Morgan fingerprint density at radius 2 is 1.93 bits per heavy atom. The Balaban J connectivity index is 4.21. The first-order valence-electron chi connectivity index (χ1n) is 5.97. The van der Waals surface area contributed by atoms with Crippen LogP contribution < -0.4 is 5.32 Å². The summed E-state index contributed by atoms with van der Waals surface area (Å²) < 4.78 is 0. The maximum atomic E-state index is 3.42. The van der Waals surface area contributed by atoms with Crippen molar-refractivity contribution in [3.8, 4) is 0 Å². The van der Waals surface area contributed by atoms with Gasteiger partial charge in [-0.05, 0) is 33.2 Å². The van der Waals surface area contributed by atoms with E-state index >= 15 is 0 Å². The number of likely N-dealkylation sites (N-methyl/N-ethyl adjacent to an activating group) is 1. The van der Waals surface area contributed by atoms with Crippen LogP contribution in [0.1, 0.15) is 53.4 Å². The van der Waals surface area contributed by atoms with Crippen molar-refractivity contribution in [1.29, 1.82) is 0 Å². The predicted molar refractivity (Wildman–Crippen MR) is 65.6 cm³/mol. The molecule has 0 fully saturated rings. The van der Waals surface area contributed by atoms with Crippen LogP contribution in [-0.2, 0) is 0 Å². The first-order valence-corrected chi connectivity index (χ1v) is 5.97. The fraction of sp³-hybridized carbons (Fsp3) is 0.846. The summed E-state index contributed by atoms with van der Waals surface area (Å²) in [6.07, 6.45) is 7.65. The molecule has 0 aromatic heterocycles. The van der Waals surface area contributed by atoms with Crippen LogP contribution in [0.25, 0.3) is 0 Å². The number of allylic oxidation sites excluding steroid dienone is 1. The van der Waals surface area contributed by atoms with Gasteiger partial charge < -0.3 is 5.32 Å².